The molecule has 2 aromatic rings. The first kappa shape index (κ1) is 12.8. The fraction of sp³-hybridized carbons (Fsp3) is 0.250. The van der Waals surface area contributed by atoms with Crippen LogP contribution >= 0.6 is 0 Å². The maximum Gasteiger partial charge on any atom is 0.0313 e. The third-order valence-corrected chi connectivity index (χ3v) is 3.24. The summed E-state index contributed by atoms with van der Waals surface area (Å²) in [5.74, 6) is 0. The zero-order chi connectivity index (χ0) is 13.0. The SMILES string of the molecule is Cc1ccc(C(N)CC(N)c2ccccc2)cc1. The van der Waals surface area contributed by atoms with Crippen molar-refractivity contribution < 1.29 is 0 Å². The largest absolute Gasteiger partial charge is 0.324 e. The molecule has 2 heteroatoms. The molecule has 18 heavy (non-hydrogen) atoms. The number of aryl methyl sites for hydroxylation is 1. The quantitative estimate of drug-likeness (QED) is 0.862. The molecule has 2 unspecified atom stereocenters. The molecule has 2 atom stereocenters. The van der Waals surface area contributed by atoms with Crippen LogP contribution in [-0.2, 0) is 0 Å². The molecule has 0 aromatic heterocycles. The Kier molecular flexibility index (Phi) is 4.13. The van der Waals surface area contributed by atoms with Crippen molar-refractivity contribution in [3.05, 3.63) is 71.3 Å². The zero-order valence-electron chi connectivity index (χ0n) is 10.7. The maximum atomic E-state index is 6.20. The Morgan fingerprint density at radius 2 is 1.28 bits per heavy atom. The van der Waals surface area contributed by atoms with E-state index < -0.39 is 0 Å². The van der Waals surface area contributed by atoms with Crippen LogP contribution in [0.25, 0.3) is 0 Å². The zero-order valence-corrected chi connectivity index (χ0v) is 10.7. The Morgan fingerprint density at radius 3 is 1.83 bits per heavy atom. The number of benzene rings is 2. The third kappa shape index (κ3) is 3.19. The first-order valence-corrected chi connectivity index (χ1v) is 6.29. The summed E-state index contributed by atoms with van der Waals surface area (Å²) in [7, 11) is 0. The Balaban J connectivity index is 2.03. The number of nitrogens with two attached hydrogens (primary N) is 2. The van der Waals surface area contributed by atoms with Gasteiger partial charge in [0.15, 0.2) is 0 Å². The molecule has 0 saturated carbocycles. The smallest absolute Gasteiger partial charge is 0.0313 e. The summed E-state index contributed by atoms with van der Waals surface area (Å²) in [6.45, 7) is 2.07. The van der Waals surface area contributed by atoms with Crippen LogP contribution in [0.2, 0.25) is 0 Å². The van der Waals surface area contributed by atoms with Gasteiger partial charge in [-0.05, 0) is 24.5 Å². The first-order valence-electron chi connectivity index (χ1n) is 6.29. The molecule has 0 fully saturated rings. The van der Waals surface area contributed by atoms with E-state index in [9.17, 15) is 0 Å². The van der Waals surface area contributed by atoms with Crippen molar-refractivity contribution in [3.8, 4) is 0 Å². The summed E-state index contributed by atoms with van der Waals surface area (Å²) in [4.78, 5) is 0. The van der Waals surface area contributed by atoms with Crippen molar-refractivity contribution in [3.63, 3.8) is 0 Å². The van der Waals surface area contributed by atoms with Crippen LogP contribution in [0.15, 0.2) is 54.6 Å². The van der Waals surface area contributed by atoms with Gasteiger partial charge in [-0.2, -0.15) is 0 Å². The molecule has 2 rings (SSSR count). The van der Waals surface area contributed by atoms with E-state index in [0.717, 1.165) is 17.5 Å². The minimum absolute atomic E-state index is 0.0116. The maximum absolute atomic E-state index is 6.20. The summed E-state index contributed by atoms with van der Waals surface area (Å²) < 4.78 is 0. The van der Waals surface area contributed by atoms with Gasteiger partial charge >= 0.3 is 0 Å². The fourth-order valence-electron chi connectivity index (χ4n) is 2.06. The molecule has 0 bridgehead atoms. The van der Waals surface area contributed by atoms with Gasteiger partial charge in [-0.1, -0.05) is 60.2 Å². The lowest BCUT2D eigenvalue weighted by Crippen LogP contribution is -2.19. The molecule has 0 amide bonds. The van der Waals surface area contributed by atoms with E-state index in [1.165, 1.54) is 5.56 Å². The standard InChI is InChI=1S/C16H20N2/c1-12-7-9-14(10-8-12)16(18)11-15(17)13-5-3-2-4-6-13/h2-10,15-16H,11,17-18H2,1H3. The van der Waals surface area contributed by atoms with E-state index in [0.29, 0.717) is 0 Å². The second-order valence-corrected chi connectivity index (χ2v) is 4.77. The average Bonchev–Trinajstić information content (AvgIpc) is 2.40. The highest BCUT2D eigenvalue weighted by molar-refractivity contribution is 5.25. The van der Waals surface area contributed by atoms with E-state index in [1.807, 2.05) is 30.3 Å². The highest BCUT2D eigenvalue weighted by Gasteiger charge is 2.12. The lowest BCUT2D eigenvalue weighted by Gasteiger charge is -2.18. The van der Waals surface area contributed by atoms with E-state index >= 15 is 0 Å². The van der Waals surface area contributed by atoms with Crippen LogP contribution in [0.4, 0.5) is 0 Å². The van der Waals surface area contributed by atoms with Gasteiger partial charge in [-0.3, -0.25) is 0 Å². The van der Waals surface area contributed by atoms with Crippen molar-refractivity contribution >= 4 is 0 Å². The van der Waals surface area contributed by atoms with Gasteiger partial charge < -0.3 is 11.5 Å². The highest BCUT2D eigenvalue weighted by Crippen LogP contribution is 2.23. The van der Waals surface area contributed by atoms with Gasteiger partial charge in [0.1, 0.15) is 0 Å². The van der Waals surface area contributed by atoms with Gasteiger partial charge in [0.25, 0.3) is 0 Å². The molecule has 2 nitrogen and oxygen atoms in total. The average molecular weight is 240 g/mol. The number of rotatable bonds is 4. The molecule has 0 aliphatic heterocycles. The predicted molar refractivity (Wildman–Crippen MR) is 76.1 cm³/mol. The van der Waals surface area contributed by atoms with E-state index in [-0.39, 0.29) is 12.1 Å². The van der Waals surface area contributed by atoms with Crippen LogP contribution in [0.1, 0.15) is 35.2 Å². The molecular formula is C16H20N2. The normalized spacial score (nSPS) is 14.2. The summed E-state index contributed by atoms with van der Waals surface area (Å²) >= 11 is 0. The Morgan fingerprint density at radius 1 is 0.778 bits per heavy atom. The molecule has 0 saturated heterocycles. The van der Waals surface area contributed by atoms with E-state index in [1.54, 1.807) is 0 Å². The lowest BCUT2D eigenvalue weighted by atomic mass is 9.96. The monoisotopic (exact) mass is 240 g/mol. The van der Waals surface area contributed by atoms with Crippen molar-refractivity contribution in [2.45, 2.75) is 25.4 Å². The second-order valence-electron chi connectivity index (χ2n) is 4.77. The predicted octanol–water partition coefficient (Wildman–Crippen LogP) is 3.08. The van der Waals surface area contributed by atoms with Crippen LogP contribution in [0, 0.1) is 6.92 Å². The van der Waals surface area contributed by atoms with Gasteiger partial charge in [-0.25, -0.2) is 0 Å². The summed E-state index contributed by atoms with van der Waals surface area (Å²) in [5, 5.41) is 0. The molecule has 0 aliphatic carbocycles. The van der Waals surface area contributed by atoms with Gasteiger partial charge in [0.05, 0.1) is 0 Å². The third-order valence-electron chi connectivity index (χ3n) is 3.24. The van der Waals surface area contributed by atoms with Crippen LogP contribution in [-0.4, -0.2) is 0 Å². The second kappa shape index (κ2) is 5.80. The lowest BCUT2D eigenvalue weighted by molar-refractivity contribution is 0.557. The summed E-state index contributed by atoms with van der Waals surface area (Å²) in [5.41, 5.74) is 15.9. The molecule has 94 valence electrons. The Labute approximate surface area is 109 Å². The molecule has 0 aliphatic rings. The van der Waals surface area contributed by atoms with Crippen molar-refractivity contribution in [1.82, 2.24) is 0 Å². The van der Waals surface area contributed by atoms with Gasteiger partial charge in [0, 0.05) is 12.1 Å². The van der Waals surface area contributed by atoms with E-state index in [2.05, 4.69) is 31.2 Å². The van der Waals surface area contributed by atoms with Crippen molar-refractivity contribution in [2.24, 2.45) is 11.5 Å². The minimum Gasteiger partial charge on any atom is -0.324 e. The van der Waals surface area contributed by atoms with E-state index in [4.69, 9.17) is 11.5 Å². The molecule has 0 spiro atoms. The van der Waals surface area contributed by atoms with Crippen molar-refractivity contribution in [2.75, 3.05) is 0 Å². The topological polar surface area (TPSA) is 52.0 Å². The molecular weight excluding hydrogens is 220 g/mol. The Bertz CT molecular complexity index is 476. The molecule has 4 N–H and O–H groups in total. The number of hydrogen-bond acceptors (Lipinski definition) is 2. The van der Waals surface area contributed by atoms with Crippen LogP contribution in [0.3, 0.4) is 0 Å². The number of hydrogen-bond donors (Lipinski definition) is 2. The molecule has 2 aromatic carbocycles. The fourth-order valence-corrected chi connectivity index (χ4v) is 2.06. The summed E-state index contributed by atoms with van der Waals surface area (Å²) in [6.07, 6.45) is 0.757. The van der Waals surface area contributed by atoms with Crippen LogP contribution in [0.5, 0.6) is 0 Å². The van der Waals surface area contributed by atoms with Gasteiger partial charge in [-0.15, -0.1) is 0 Å². The minimum atomic E-state index is -0.0131. The highest BCUT2D eigenvalue weighted by atomic mass is 14.7. The Hall–Kier alpha value is -1.64. The summed E-state index contributed by atoms with van der Waals surface area (Å²) in [6, 6.07) is 18.4. The first-order chi connectivity index (χ1) is 8.66. The molecule has 0 heterocycles. The van der Waals surface area contributed by atoms with Crippen molar-refractivity contribution in [1.29, 1.82) is 0 Å². The van der Waals surface area contributed by atoms with Crippen LogP contribution < -0.4 is 11.5 Å². The molecule has 0 radical (unpaired) electrons. The van der Waals surface area contributed by atoms with Gasteiger partial charge in [0.2, 0.25) is 0 Å².